The van der Waals surface area contributed by atoms with Crippen LogP contribution in [0, 0.1) is 11.3 Å². The minimum atomic E-state index is 0.412. The summed E-state index contributed by atoms with van der Waals surface area (Å²) in [6.07, 6.45) is 4.29. The number of methoxy groups -OCH3 is 1. The lowest BCUT2D eigenvalue weighted by molar-refractivity contribution is 0.284. The van der Waals surface area contributed by atoms with Crippen molar-refractivity contribution in [1.82, 2.24) is 15.2 Å². The number of fused-ring (bicyclic) bond motifs is 3. The normalized spacial score (nSPS) is 11.5. The summed E-state index contributed by atoms with van der Waals surface area (Å²) in [5.41, 5.74) is 7.89. The number of aromatic amines is 1. The first-order chi connectivity index (χ1) is 14.8. The van der Waals surface area contributed by atoms with E-state index in [0.717, 1.165) is 40.1 Å². The highest BCUT2D eigenvalue weighted by Crippen LogP contribution is 2.44. The Bertz CT molecular complexity index is 1260. The van der Waals surface area contributed by atoms with Crippen LogP contribution < -0.4 is 9.47 Å². The molecule has 146 valence electrons. The zero-order valence-electron chi connectivity index (χ0n) is 16.3. The third-order valence-electron chi connectivity index (χ3n) is 5.30. The molecule has 0 unspecified atom stereocenters. The molecule has 2 heterocycles. The number of rotatable bonds is 5. The Hall–Kier alpha value is -4.11. The summed E-state index contributed by atoms with van der Waals surface area (Å²) in [7, 11) is 1.65. The average Bonchev–Trinajstić information content (AvgIpc) is 3.37. The van der Waals surface area contributed by atoms with Gasteiger partial charge in [-0.25, -0.2) is 0 Å². The van der Waals surface area contributed by atoms with Crippen molar-refractivity contribution in [3.8, 4) is 40.1 Å². The molecule has 6 nitrogen and oxygen atoms in total. The van der Waals surface area contributed by atoms with Gasteiger partial charge < -0.3 is 9.47 Å². The molecule has 2 aromatic heterocycles. The second-order valence-electron chi connectivity index (χ2n) is 7.10. The molecule has 1 aliphatic rings. The van der Waals surface area contributed by atoms with Crippen LogP contribution in [0.15, 0.2) is 60.9 Å². The highest BCUT2D eigenvalue weighted by atomic mass is 16.5. The first kappa shape index (κ1) is 18.0. The molecule has 4 aromatic rings. The summed E-state index contributed by atoms with van der Waals surface area (Å²) in [6.45, 7) is 0.412. The fraction of sp³-hybridized carbons (Fsp3) is 0.125. The van der Waals surface area contributed by atoms with Gasteiger partial charge in [-0.05, 0) is 35.9 Å². The number of hydrogen-bond acceptors (Lipinski definition) is 5. The molecule has 1 aliphatic carbocycles. The van der Waals surface area contributed by atoms with Gasteiger partial charge in [0, 0.05) is 41.1 Å². The second-order valence-corrected chi connectivity index (χ2v) is 7.10. The van der Waals surface area contributed by atoms with E-state index in [1.165, 1.54) is 5.56 Å². The quantitative estimate of drug-likeness (QED) is 0.474. The van der Waals surface area contributed by atoms with Gasteiger partial charge in [0.15, 0.2) is 11.5 Å². The maximum Gasteiger partial charge on any atom is 0.162 e. The van der Waals surface area contributed by atoms with Crippen LogP contribution in [0.4, 0.5) is 0 Å². The van der Waals surface area contributed by atoms with Gasteiger partial charge in [-0.1, -0.05) is 18.2 Å². The third kappa shape index (κ3) is 3.07. The Labute approximate surface area is 173 Å². The van der Waals surface area contributed by atoms with E-state index in [4.69, 9.17) is 14.7 Å². The molecular formula is C24H18N4O2. The lowest BCUT2D eigenvalue weighted by Crippen LogP contribution is -1.99. The van der Waals surface area contributed by atoms with Crippen LogP contribution in [-0.2, 0) is 13.0 Å². The molecule has 30 heavy (non-hydrogen) atoms. The lowest BCUT2D eigenvalue weighted by Gasteiger charge is -2.13. The molecule has 0 saturated heterocycles. The smallest absolute Gasteiger partial charge is 0.162 e. The number of pyridine rings is 1. The van der Waals surface area contributed by atoms with Gasteiger partial charge in [-0.15, -0.1) is 0 Å². The van der Waals surface area contributed by atoms with E-state index in [0.29, 0.717) is 23.7 Å². The van der Waals surface area contributed by atoms with E-state index in [9.17, 15) is 0 Å². The summed E-state index contributed by atoms with van der Waals surface area (Å²) in [5.74, 6) is 1.39. The van der Waals surface area contributed by atoms with Crippen molar-refractivity contribution in [3.05, 3.63) is 83.2 Å². The Morgan fingerprint density at radius 2 is 2.00 bits per heavy atom. The van der Waals surface area contributed by atoms with Gasteiger partial charge in [-0.2, -0.15) is 10.4 Å². The highest BCUT2D eigenvalue weighted by molar-refractivity contribution is 5.82. The molecule has 0 spiro atoms. The van der Waals surface area contributed by atoms with Gasteiger partial charge >= 0.3 is 0 Å². The predicted octanol–water partition coefficient (Wildman–Crippen LogP) is 4.50. The van der Waals surface area contributed by atoms with E-state index in [-0.39, 0.29) is 0 Å². The van der Waals surface area contributed by atoms with E-state index in [1.54, 1.807) is 19.5 Å². The van der Waals surface area contributed by atoms with Gasteiger partial charge in [0.25, 0.3) is 0 Å². The molecule has 0 aliphatic heterocycles. The molecule has 0 bridgehead atoms. The number of H-pyrrole nitrogens is 1. The molecule has 6 heteroatoms. The monoisotopic (exact) mass is 394 g/mol. The SMILES string of the molecule is COc1cc2c(cc1OCc1cccnc1)-c1[nH]nc(-c3ccc(C#N)cc3)c1C2. The molecule has 5 rings (SSSR count). The van der Waals surface area contributed by atoms with Gasteiger partial charge in [0.2, 0.25) is 0 Å². The molecule has 0 radical (unpaired) electrons. The average molecular weight is 394 g/mol. The number of hydrogen-bond donors (Lipinski definition) is 1. The summed E-state index contributed by atoms with van der Waals surface area (Å²) < 4.78 is 11.6. The number of ether oxygens (including phenoxy) is 2. The van der Waals surface area contributed by atoms with Crippen molar-refractivity contribution in [1.29, 1.82) is 5.26 Å². The van der Waals surface area contributed by atoms with Crippen molar-refractivity contribution >= 4 is 0 Å². The number of nitrogens with one attached hydrogen (secondary N) is 1. The molecular weight excluding hydrogens is 376 g/mol. The van der Waals surface area contributed by atoms with E-state index >= 15 is 0 Å². The number of aromatic nitrogens is 3. The van der Waals surface area contributed by atoms with Crippen molar-refractivity contribution < 1.29 is 9.47 Å². The molecule has 0 amide bonds. The van der Waals surface area contributed by atoms with Crippen LogP contribution in [0.1, 0.15) is 22.3 Å². The molecule has 0 saturated carbocycles. The molecule has 2 aromatic carbocycles. The van der Waals surface area contributed by atoms with Crippen LogP contribution in [0.25, 0.3) is 22.5 Å². The van der Waals surface area contributed by atoms with Crippen molar-refractivity contribution in [2.45, 2.75) is 13.0 Å². The zero-order chi connectivity index (χ0) is 20.5. The standard InChI is InChI=1S/C24H18N4O2/c1-29-21-10-18-9-20-23(17-6-4-15(12-25)5-7-17)27-28-24(20)19(18)11-22(21)30-14-16-3-2-8-26-13-16/h2-8,10-11,13H,9,14H2,1H3,(H,27,28). The lowest BCUT2D eigenvalue weighted by atomic mass is 10.0. The summed E-state index contributed by atoms with van der Waals surface area (Å²) in [5, 5.41) is 16.8. The van der Waals surface area contributed by atoms with Gasteiger partial charge in [-0.3, -0.25) is 10.1 Å². The minimum absolute atomic E-state index is 0.412. The van der Waals surface area contributed by atoms with Crippen LogP contribution in [0.3, 0.4) is 0 Å². The van der Waals surface area contributed by atoms with Gasteiger partial charge in [0.1, 0.15) is 6.61 Å². The maximum absolute atomic E-state index is 9.03. The summed E-state index contributed by atoms with van der Waals surface area (Å²) >= 11 is 0. The molecule has 0 atom stereocenters. The largest absolute Gasteiger partial charge is 0.493 e. The van der Waals surface area contributed by atoms with Crippen LogP contribution >= 0.6 is 0 Å². The number of nitrogens with zero attached hydrogens (tertiary/aromatic N) is 3. The van der Waals surface area contributed by atoms with E-state index in [1.807, 2.05) is 48.5 Å². The molecule has 1 N–H and O–H groups in total. The first-order valence-electron chi connectivity index (χ1n) is 9.57. The topological polar surface area (TPSA) is 83.8 Å². The minimum Gasteiger partial charge on any atom is -0.493 e. The van der Waals surface area contributed by atoms with Gasteiger partial charge in [0.05, 0.1) is 30.1 Å². The van der Waals surface area contributed by atoms with Crippen molar-refractivity contribution in [3.63, 3.8) is 0 Å². The Kier molecular flexibility index (Phi) is 4.41. The Morgan fingerprint density at radius 1 is 1.13 bits per heavy atom. The van der Waals surface area contributed by atoms with Crippen LogP contribution in [0.5, 0.6) is 11.5 Å². The summed E-state index contributed by atoms with van der Waals surface area (Å²) in [6, 6.07) is 17.5. The van der Waals surface area contributed by atoms with Crippen LogP contribution in [0.2, 0.25) is 0 Å². The fourth-order valence-corrected chi connectivity index (χ4v) is 3.79. The third-order valence-corrected chi connectivity index (χ3v) is 5.30. The first-order valence-corrected chi connectivity index (χ1v) is 9.57. The van der Waals surface area contributed by atoms with Crippen molar-refractivity contribution in [2.24, 2.45) is 0 Å². The highest BCUT2D eigenvalue weighted by Gasteiger charge is 2.27. The van der Waals surface area contributed by atoms with Crippen LogP contribution in [-0.4, -0.2) is 22.3 Å². The van der Waals surface area contributed by atoms with Crippen molar-refractivity contribution in [2.75, 3.05) is 7.11 Å². The predicted molar refractivity (Wildman–Crippen MR) is 112 cm³/mol. The number of benzene rings is 2. The van der Waals surface area contributed by atoms with E-state index in [2.05, 4.69) is 21.3 Å². The zero-order valence-corrected chi connectivity index (χ0v) is 16.3. The van der Waals surface area contributed by atoms with E-state index < -0.39 is 0 Å². The summed E-state index contributed by atoms with van der Waals surface area (Å²) in [4.78, 5) is 4.13. The fourth-order valence-electron chi connectivity index (χ4n) is 3.79. The second kappa shape index (κ2) is 7.37. The maximum atomic E-state index is 9.03. The Morgan fingerprint density at radius 3 is 2.73 bits per heavy atom. The number of nitriles is 1. The Balaban J connectivity index is 1.48. The molecule has 0 fully saturated rings.